The van der Waals surface area contributed by atoms with E-state index in [0.717, 1.165) is 6.08 Å². The Balaban J connectivity index is 1.69. The number of esters is 1. The van der Waals surface area contributed by atoms with Crippen molar-refractivity contribution in [1.29, 1.82) is 0 Å². The fourth-order valence-corrected chi connectivity index (χ4v) is 1.55. The average Bonchev–Trinajstić information content (AvgIpc) is 3.10. The van der Waals surface area contributed by atoms with Crippen LogP contribution in [0.3, 0.4) is 0 Å². The predicted molar refractivity (Wildman–Crippen MR) is 80.8 cm³/mol. The summed E-state index contributed by atoms with van der Waals surface area (Å²) in [5.74, 6) is -1.34. The number of hydrogen-bond donors (Lipinski definition) is 2. The number of amides is 2. The van der Waals surface area contributed by atoms with E-state index in [1.807, 2.05) is 0 Å². The molecule has 0 atom stereocenters. The first-order valence-electron chi connectivity index (χ1n) is 6.68. The number of hydrogen-bond acceptors (Lipinski definition) is 5. The van der Waals surface area contributed by atoms with Crippen LogP contribution in [-0.4, -0.2) is 24.4 Å². The van der Waals surface area contributed by atoms with E-state index < -0.39 is 24.4 Å². The molecule has 23 heavy (non-hydrogen) atoms. The summed E-state index contributed by atoms with van der Waals surface area (Å²) in [4.78, 5) is 34.5. The quantitative estimate of drug-likeness (QED) is 0.492. The summed E-state index contributed by atoms with van der Waals surface area (Å²) in [6, 6.07) is 11.7. The molecular formula is C16H14N2O5. The monoisotopic (exact) mass is 314 g/mol. The molecule has 0 aliphatic rings. The van der Waals surface area contributed by atoms with E-state index in [0.29, 0.717) is 11.3 Å². The molecule has 0 saturated carbocycles. The Hall–Kier alpha value is -3.35. The highest BCUT2D eigenvalue weighted by molar-refractivity contribution is 5.95. The summed E-state index contributed by atoms with van der Waals surface area (Å²) in [6.07, 6.45) is 4.01. The van der Waals surface area contributed by atoms with E-state index in [2.05, 4.69) is 10.9 Å². The van der Waals surface area contributed by atoms with Gasteiger partial charge in [-0.1, -0.05) is 18.2 Å². The first-order chi connectivity index (χ1) is 11.1. The van der Waals surface area contributed by atoms with Crippen LogP contribution in [0.4, 0.5) is 0 Å². The topological polar surface area (TPSA) is 97.6 Å². The first kappa shape index (κ1) is 16.0. The standard InChI is InChI=1S/C16H14N2O5/c19-14(17-18-16(21)12-5-2-1-3-6-12)11-23-15(20)9-8-13-7-4-10-22-13/h1-10H,11H2,(H,17,19)(H,18,21)/b9-8+. The van der Waals surface area contributed by atoms with E-state index in [-0.39, 0.29) is 0 Å². The summed E-state index contributed by atoms with van der Waals surface area (Å²) in [6.45, 7) is -0.517. The Labute approximate surface area is 131 Å². The molecule has 0 fully saturated rings. The van der Waals surface area contributed by atoms with E-state index in [4.69, 9.17) is 9.15 Å². The molecule has 0 saturated heterocycles. The van der Waals surface area contributed by atoms with Crippen molar-refractivity contribution in [3.8, 4) is 0 Å². The van der Waals surface area contributed by atoms with Crippen LogP contribution in [0, 0.1) is 0 Å². The smallest absolute Gasteiger partial charge is 0.331 e. The third kappa shape index (κ3) is 5.50. The van der Waals surface area contributed by atoms with Crippen molar-refractivity contribution in [1.82, 2.24) is 10.9 Å². The lowest BCUT2D eigenvalue weighted by Crippen LogP contribution is -2.43. The van der Waals surface area contributed by atoms with E-state index >= 15 is 0 Å². The number of hydrazine groups is 1. The minimum atomic E-state index is -0.703. The molecule has 7 heteroatoms. The molecule has 1 heterocycles. The van der Waals surface area contributed by atoms with Gasteiger partial charge in [-0.15, -0.1) is 0 Å². The number of carbonyl (C=O) groups excluding carboxylic acids is 3. The number of ether oxygens (including phenoxy) is 1. The minimum Gasteiger partial charge on any atom is -0.465 e. The van der Waals surface area contributed by atoms with Gasteiger partial charge in [0, 0.05) is 11.6 Å². The molecule has 2 aromatic rings. The third-order valence-electron chi connectivity index (χ3n) is 2.62. The van der Waals surface area contributed by atoms with Gasteiger partial charge in [0.15, 0.2) is 6.61 Å². The van der Waals surface area contributed by atoms with Gasteiger partial charge < -0.3 is 9.15 Å². The van der Waals surface area contributed by atoms with Gasteiger partial charge in [0.2, 0.25) is 0 Å². The Kier molecular flexibility index (Phi) is 5.70. The van der Waals surface area contributed by atoms with Gasteiger partial charge in [-0.05, 0) is 30.3 Å². The Morgan fingerprint density at radius 1 is 1.04 bits per heavy atom. The molecule has 0 unspecified atom stereocenters. The van der Waals surface area contributed by atoms with Gasteiger partial charge >= 0.3 is 5.97 Å². The first-order valence-corrected chi connectivity index (χ1v) is 6.68. The van der Waals surface area contributed by atoms with Crippen LogP contribution in [0.25, 0.3) is 6.08 Å². The van der Waals surface area contributed by atoms with Crippen LogP contribution in [0.5, 0.6) is 0 Å². The molecule has 1 aromatic carbocycles. The third-order valence-corrected chi connectivity index (χ3v) is 2.62. The normalized spacial score (nSPS) is 10.3. The fraction of sp³-hybridized carbons (Fsp3) is 0.0625. The zero-order chi connectivity index (χ0) is 16.5. The van der Waals surface area contributed by atoms with E-state index in [9.17, 15) is 14.4 Å². The Morgan fingerprint density at radius 3 is 2.52 bits per heavy atom. The van der Waals surface area contributed by atoms with Crippen LogP contribution < -0.4 is 10.9 Å². The second-order valence-corrected chi connectivity index (χ2v) is 4.32. The van der Waals surface area contributed by atoms with Crippen molar-refractivity contribution in [2.45, 2.75) is 0 Å². The summed E-state index contributed by atoms with van der Waals surface area (Å²) in [5.41, 5.74) is 4.76. The molecule has 0 spiro atoms. The zero-order valence-corrected chi connectivity index (χ0v) is 12.0. The molecular weight excluding hydrogens is 300 g/mol. The molecule has 2 N–H and O–H groups in total. The molecule has 0 aliphatic heterocycles. The van der Waals surface area contributed by atoms with Gasteiger partial charge in [0.25, 0.3) is 11.8 Å². The second kappa shape index (κ2) is 8.18. The van der Waals surface area contributed by atoms with E-state index in [1.54, 1.807) is 42.5 Å². The lowest BCUT2D eigenvalue weighted by Gasteiger charge is -2.07. The highest BCUT2D eigenvalue weighted by Gasteiger charge is 2.08. The molecule has 7 nitrogen and oxygen atoms in total. The van der Waals surface area contributed by atoms with Crippen LogP contribution >= 0.6 is 0 Å². The van der Waals surface area contributed by atoms with Gasteiger partial charge in [-0.2, -0.15) is 0 Å². The number of carbonyl (C=O) groups is 3. The Morgan fingerprint density at radius 2 is 1.83 bits per heavy atom. The second-order valence-electron chi connectivity index (χ2n) is 4.32. The SMILES string of the molecule is O=C(COC(=O)/C=C/c1ccco1)NNC(=O)c1ccccc1. The maximum absolute atomic E-state index is 11.7. The number of nitrogens with one attached hydrogen (secondary N) is 2. The number of rotatable bonds is 5. The summed E-state index contributed by atoms with van der Waals surface area (Å²) in [7, 11) is 0. The van der Waals surface area contributed by atoms with Crippen molar-refractivity contribution in [3.63, 3.8) is 0 Å². The van der Waals surface area contributed by atoms with Crippen molar-refractivity contribution in [3.05, 3.63) is 66.1 Å². The molecule has 1 aromatic heterocycles. The molecule has 2 rings (SSSR count). The van der Waals surface area contributed by atoms with Crippen LogP contribution in [-0.2, 0) is 14.3 Å². The van der Waals surface area contributed by atoms with Crippen molar-refractivity contribution < 1.29 is 23.5 Å². The van der Waals surface area contributed by atoms with Gasteiger partial charge in [-0.25, -0.2) is 4.79 Å². The highest BCUT2D eigenvalue weighted by atomic mass is 16.5. The van der Waals surface area contributed by atoms with Gasteiger partial charge in [0.05, 0.1) is 6.26 Å². The molecule has 0 aliphatic carbocycles. The van der Waals surface area contributed by atoms with Crippen molar-refractivity contribution >= 4 is 23.9 Å². The van der Waals surface area contributed by atoms with Crippen molar-refractivity contribution in [2.24, 2.45) is 0 Å². The summed E-state index contributed by atoms with van der Waals surface area (Å²) in [5, 5.41) is 0. The minimum absolute atomic E-state index is 0.395. The lowest BCUT2D eigenvalue weighted by atomic mass is 10.2. The number of benzene rings is 1. The van der Waals surface area contributed by atoms with Crippen LogP contribution in [0.15, 0.2) is 59.2 Å². The Bertz CT molecular complexity index is 693. The van der Waals surface area contributed by atoms with Crippen LogP contribution in [0.1, 0.15) is 16.1 Å². The molecule has 2 amide bonds. The predicted octanol–water partition coefficient (Wildman–Crippen LogP) is 1.30. The van der Waals surface area contributed by atoms with Crippen molar-refractivity contribution in [2.75, 3.05) is 6.61 Å². The molecule has 0 radical (unpaired) electrons. The zero-order valence-electron chi connectivity index (χ0n) is 12.0. The van der Waals surface area contributed by atoms with Gasteiger partial charge in [0.1, 0.15) is 5.76 Å². The van der Waals surface area contributed by atoms with E-state index in [1.165, 1.54) is 12.3 Å². The highest BCUT2D eigenvalue weighted by Crippen LogP contribution is 2.02. The maximum atomic E-state index is 11.7. The molecule has 118 valence electrons. The van der Waals surface area contributed by atoms with Crippen LogP contribution in [0.2, 0.25) is 0 Å². The average molecular weight is 314 g/mol. The fourth-order valence-electron chi connectivity index (χ4n) is 1.55. The maximum Gasteiger partial charge on any atom is 0.331 e. The summed E-state index contributed by atoms with van der Waals surface area (Å²) < 4.78 is 9.70. The molecule has 0 bridgehead atoms. The largest absolute Gasteiger partial charge is 0.465 e. The van der Waals surface area contributed by atoms with Gasteiger partial charge in [-0.3, -0.25) is 20.4 Å². The lowest BCUT2D eigenvalue weighted by molar-refractivity contribution is -0.144. The summed E-state index contributed by atoms with van der Waals surface area (Å²) >= 11 is 0. The number of furan rings is 1.